The molecule has 0 saturated carbocycles. The number of carbonyl (C=O) groups is 2. The summed E-state index contributed by atoms with van der Waals surface area (Å²) in [6.07, 6.45) is 3.40. The number of aromatic nitrogens is 1. The molecule has 26 heavy (non-hydrogen) atoms. The molecule has 6 nitrogen and oxygen atoms in total. The van der Waals surface area contributed by atoms with E-state index >= 15 is 0 Å². The number of pyridine rings is 1. The molecular weight excluding hydrogens is 372 g/mol. The number of ether oxygens (including phenoxy) is 2. The minimum absolute atomic E-state index is 0.279. The van der Waals surface area contributed by atoms with Crippen LogP contribution in [0.3, 0.4) is 0 Å². The van der Waals surface area contributed by atoms with Crippen LogP contribution in [0.15, 0.2) is 22.5 Å². The van der Waals surface area contributed by atoms with Gasteiger partial charge in [-0.15, -0.1) is 23.1 Å². The Morgan fingerprint density at radius 1 is 1.31 bits per heavy atom. The highest BCUT2D eigenvalue weighted by atomic mass is 32.2. The molecule has 0 radical (unpaired) electrons. The molecule has 0 aliphatic carbocycles. The number of hydrogen-bond donors (Lipinski definition) is 1. The molecule has 1 N–H and O–H groups in total. The number of thiophene rings is 1. The Kier molecular flexibility index (Phi) is 6.16. The largest absolute Gasteiger partial charge is 0.477 e. The molecule has 2 aromatic heterocycles. The Bertz CT molecular complexity index is 820. The van der Waals surface area contributed by atoms with Crippen molar-refractivity contribution in [3.05, 3.63) is 35.0 Å². The van der Waals surface area contributed by atoms with Crippen molar-refractivity contribution >= 4 is 40.0 Å². The summed E-state index contributed by atoms with van der Waals surface area (Å²) in [6, 6.07) is 3.33. The van der Waals surface area contributed by atoms with E-state index in [9.17, 15) is 9.59 Å². The molecule has 0 atom stereocenters. The number of rotatable bonds is 6. The van der Waals surface area contributed by atoms with Crippen molar-refractivity contribution in [3.63, 3.8) is 0 Å². The average Bonchev–Trinajstić information content (AvgIpc) is 3.00. The smallest absolute Gasteiger partial charge is 0.341 e. The van der Waals surface area contributed by atoms with E-state index in [1.54, 1.807) is 37.0 Å². The second-order valence-electron chi connectivity index (χ2n) is 5.49. The Balaban J connectivity index is 1.93. The highest BCUT2D eigenvalue weighted by Crippen LogP contribution is 2.44. The summed E-state index contributed by atoms with van der Waals surface area (Å²) in [5, 5.41) is 3.39. The summed E-state index contributed by atoms with van der Waals surface area (Å²) in [5.74, 6) is 0.552. The Morgan fingerprint density at radius 2 is 2.15 bits per heavy atom. The van der Waals surface area contributed by atoms with Gasteiger partial charge < -0.3 is 14.8 Å². The molecule has 0 saturated heterocycles. The van der Waals surface area contributed by atoms with E-state index in [2.05, 4.69) is 10.3 Å². The van der Waals surface area contributed by atoms with Crippen molar-refractivity contribution < 1.29 is 19.1 Å². The van der Waals surface area contributed by atoms with E-state index in [1.807, 2.05) is 6.92 Å². The predicted molar refractivity (Wildman–Crippen MR) is 103 cm³/mol. The molecule has 0 spiro atoms. The van der Waals surface area contributed by atoms with Crippen LogP contribution in [0.1, 0.15) is 46.5 Å². The van der Waals surface area contributed by atoms with Crippen LogP contribution in [0.5, 0.6) is 5.88 Å². The summed E-state index contributed by atoms with van der Waals surface area (Å²) in [4.78, 5) is 29.4. The van der Waals surface area contributed by atoms with Gasteiger partial charge in [-0.1, -0.05) is 0 Å². The standard InChI is InChI=1S/C18H20N2O4S2/c1-3-23-15-12(7-5-9-19-15)14(21)20-16-13(17(22)24-4-2)11-8-6-10-25-18(11)26-16/h5,7,9H,3-4,6,8,10H2,1-2H3,(H,20,21). The third kappa shape index (κ3) is 3.86. The van der Waals surface area contributed by atoms with Crippen LogP contribution in [0.25, 0.3) is 0 Å². The summed E-state index contributed by atoms with van der Waals surface area (Å²) in [5.41, 5.74) is 1.80. The molecule has 0 unspecified atom stereocenters. The summed E-state index contributed by atoms with van der Waals surface area (Å²) in [6.45, 7) is 4.31. The van der Waals surface area contributed by atoms with Crippen LogP contribution in [0.4, 0.5) is 5.00 Å². The first-order chi connectivity index (χ1) is 12.7. The van der Waals surface area contributed by atoms with E-state index in [1.165, 1.54) is 11.3 Å². The van der Waals surface area contributed by atoms with E-state index in [-0.39, 0.29) is 17.8 Å². The number of carbonyl (C=O) groups excluding carboxylic acids is 2. The Morgan fingerprint density at radius 3 is 2.92 bits per heavy atom. The van der Waals surface area contributed by atoms with Crippen LogP contribution < -0.4 is 10.1 Å². The molecule has 0 fully saturated rings. The van der Waals surface area contributed by atoms with Crippen LogP contribution in [-0.2, 0) is 11.2 Å². The summed E-state index contributed by atoms with van der Waals surface area (Å²) in [7, 11) is 0. The molecule has 1 amide bonds. The third-order valence-electron chi connectivity index (χ3n) is 3.78. The van der Waals surface area contributed by atoms with Crippen LogP contribution in [0.2, 0.25) is 0 Å². The predicted octanol–water partition coefficient (Wildman–Crippen LogP) is 4.01. The zero-order chi connectivity index (χ0) is 18.5. The van der Waals surface area contributed by atoms with Crippen LogP contribution in [-0.4, -0.2) is 35.8 Å². The average molecular weight is 393 g/mol. The number of nitrogens with zero attached hydrogens (tertiary/aromatic N) is 1. The number of hydrogen-bond acceptors (Lipinski definition) is 7. The van der Waals surface area contributed by atoms with E-state index in [0.717, 1.165) is 28.4 Å². The topological polar surface area (TPSA) is 77.5 Å². The lowest BCUT2D eigenvalue weighted by Gasteiger charge is -2.12. The first-order valence-electron chi connectivity index (χ1n) is 8.50. The third-order valence-corrected chi connectivity index (χ3v) is 6.32. The minimum atomic E-state index is -0.390. The lowest BCUT2D eigenvalue weighted by atomic mass is 10.1. The fraction of sp³-hybridized carbons (Fsp3) is 0.389. The summed E-state index contributed by atoms with van der Waals surface area (Å²) < 4.78 is 11.7. The van der Waals surface area contributed by atoms with Gasteiger partial charge in [-0.05, 0) is 50.1 Å². The molecule has 8 heteroatoms. The maximum absolute atomic E-state index is 12.8. The Labute approximate surface area is 160 Å². The number of esters is 1. The summed E-state index contributed by atoms with van der Waals surface area (Å²) >= 11 is 3.14. The molecule has 3 rings (SSSR count). The fourth-order valence-electron chi connectivity index (χ4n) is 2.69. The lowest BCUT2D eigenvalue weighted by Crippen LogP contribution is -2.17. The minimum Gasteiger partial charge on any atom is -0.477 e. The monoisotopic (exact) mass is 392 g/mol. The highest BCUT2D eigenvalue weighted by molar-refractivity contribution is 8.01. The zero-order valence-corrected chi connectivity index (χ0v) is 16.3. The first-order valence-corrected chi connectivity index (χ1v) is 10.3. The second-order valence-corrected chi connectivity index (χ2v) is 7.87. The van der Waals surface area contributed by atoms with Gasteiger partial charge in [-0.25, -0.2) is 9.78 Å². The van der Waals surface area contributed by atoms with Crippen LogP contribution >= 0.6 is 23.1 Å². The molecular formula is C18H20N2O4S2. The Hall–Kier alpha value is -2.06. The quantitative estimate of drug-likeness (QED) is 0.749. The van der Waals surface area contributed by atoms with Gasteiger partial charge in [0.1, 0.15) is 10.6 Å². The molecule has 1 aliphatic rings. The van der Waals surface area contributed by atoms with Gasteiger partial charge in [0.2, 0.25) is 5.88 Å². The van der Waals surface area contributed by atoms with Gasteiger partial charge in [-0.2, -0.15) is 0 Å². The highest BCUT2D eigenvalue weighted by Gasteiger charge is 2.28. The van der Waals surface area contributed by atoms with Gasteiger partial charge in [0, 0.05) is 6.20 Å². The second kappa shape index (κ2) is 8.55. The van der Waals surface area contributed by atoms with Crippen LogP contribution in [0, 0.1) is 0 Å². The molecule has 3 heterocycles. The number of fused-ring (bicyclic) bond motifs is 1. The molecule has 0 aromatic carbocycles. The number of amides is 1. The number of thioether (sulfide) groups is 1. The number of nitrogens with one attached hydrogen (secondary N) is 1. The molecule has 0 bridgehead atoms. The normalized spacial score (nSPS) is 13.0. The van der Waals surface area contributed by atoms with Gasteiger partial charge in [0.15, 0.2) is 0 Å². The lowest BCUT2D eigenvalue weighted by molar-refractivity contribution is 0.0526. The van der Waals surface area contributed by atoms with E-state index in [4.69, 9.17) is 9.47 Å². The molecule has 138 valence electrons. The van der Waals surface area contributed by atoms with Crippen molar-refractivity contribution in [2.45, 2.75) is 30.9 Å². The van der Waals surface area contributed by atoms with Crippen molar-refractivity contribution in [2.75, 3.05) is 24.3 Å². The van der Waals surface area contributed by atoms with Crippen molar-refractivity contribution in [1.82, 2.24) is 4.98 Å². The van der Waals surface area contributed by atoms with Crippen molar-refractivity contribution in [3.8, 4) is 5.88 Å². The maximum atomic E-state index is 12.8. The zero-order valence-electron chi connectivity index (χ0n) is 14.7. The molecule has 2 aromatic rings. The number of anilines is 1. The van der Waals surface area contributed by atoms with E-state index in [0.29, 0.717) is 29.3 Å². The van der Waals surface area contributed by atoms with Crippen molar-refractivity contribution in [2.24, 2.45) is 0 Å². The van der Waals surface area contributed by atoms with Gasteiger partial charge >= 0.3 is 5.97 Å². The fourth-order valence-corrected chi connectivity index (χ4v) is 5.25. The van der Waals surface area contributed by atoms with Gasteiger partial charge in [0.25, 0.3) is 5.91 Å². The van der Waals surface area contributed by atoms with Gasteiger partial charge in [-0.3, -0.25) is 4.79 Å². The SMILES string of the molecule is CCOC(=O)c1c(NC(=O)c2cccnc2OCC)sc2c1CCCS2. The van der Waals surface area contributed by atoms with Crippen molar-refractivity contribution in [1.29, 1.82) is 0 Å². The van der Waals surface area contributed by atoms with E-state index < -0.39 is 0 Å². The first kappa shape index (κ1) is 18.7. The molecule has 1 aliphatic heterocycles. The maximum Gasteiger partial charge on any atom is 0.341 e. The van der Waals surface area contributed by atoms with Gasteiger partial charge in [0.05, 0.1) is 23.0 Å².